The van der Waals surface area contributed by atoms with E-state index in [4.69, 9.17) is 11.6 Å². The van der Waals surface area contributed by atoms with E-state index in [1.807, 2.05) is 83.1 Å². The SMILES string of the molecule is Cc1ccc(N2CCC[C@H](N(Cc3ccnc(C)c3)Cc3cn(C4CC4)c4cc(Cl)c(F)cc4c3=O)C2)cn1.Cc1ccc(N2CCC[C@H](N(Cc3ccnc(C)c3)Cc3cn(C4CC4)c4cc(O)c(F)cc4c3=O)C2)cn1. The molecule has 12 rings (SSSR count). The molecule has 0 radical (unpaired) electrons. The lowest BCUT2D eigenvalue weighted by Crippen LogP contribution is -2.48. The van der Waals surface area contributed by atoms with Gasteiger partial charge in [-0.3, -0.25) is 39.3 Å². The van der Waals surface area contributed by atoms with Crippen molar-refractivity contribution in [2.45, 2.75) is 129 Å². The molecule has 6 aromatic heterocycles. The van der Waals surface area contributed by atoms with Gasteiger partial charge in [0, 0.05) is 152 Å². The molecule has 0 bridgehead atoms. The summed E-state index contributed by atoms with van der Waals surface area (Å²) in [6.45, 7) is 13.9. The van der Waals surface area contributed by atoms with Crippen molar-refractivity contribution in [1.82, 2.24) is 38.9 Å². The van der Waals surface area contributed by atoms with E-state index >= 15 is 0 Å². The third-order valence-electron chi connectivity index (χ3n) is 16.0. The Morgan fingerprint density at radius 1 is 0.564 bits per heavy atom. The number of hydrogen-bond donors (Lipinski definition) is 1. The number of aromatic hydroxyl groups is 1. The third-order valence-corrected chi connectivity index (χ3v) is 16.3. The standard InChI is InChI=1S/C31H33ClFN5O.C31H34FN5O2/c1-20-5-6-25(15-35-20)36-11-3-4-26(19-36)37(16-22-9-10-34-21(2)12-22)17-23-18-38(24-7-8-24)30-14-28(32)29(33)13-27(30)31(23)39;1-20-5-6-25(15-34-20)35-11-3-4-26(19-35)36(16-22-9-10-33-21(2)12-22)17-23-18-37(24-7-8-24)29-14-30(38)28(32)13-27(29)31(23)39/h5-6,9-10,12-15,18,24,26H,3-4,7-8,11,16-17,19H2,1-2H3;5-6,9-10,12-15,18,24,26,38H,3-4,7-8,11,16-17,19H2,1-2H3/t2*26-/m00/s1. The molecule has 0 spiro atoms. The first kappa shape index (κ1) is 53.0. The number of aromatic nitrogens is 6. The Kier molecular flexibility index (Phi) is 15.4. The zero-order valence-electron chi connectivity index (χ0n) is 44.9. The van der Waals surface area contributed by atoms with E-state index in [2.05, 4.69) is 79.0 Å². The Bertz CT molecular complexity index is 3370. The van der Waals surface area contributed by atoms with E-state index in [1.165, 1.54) is 18.2 Å². The largest absolute Gasteiger partial charge is 0.505 e. The minimum atomic E-state index is -0.766. The summed E-state index contributed by atoms with van der Waals surface area (Å²) in [5.74, 6) is -1.75. The number of hydrogen-bond acceptors (Lipinski definition) is 11. The molecule has 2 atom stereocenters. The Morgan fingerprint density at radius 3 is 1.46 bits per heavy atom. The van der Waals surface area contributed by atoms with Crippen molar-refractivity contribution >= 4 is 44.8 Å². The molecule has 16 heteroatoms. The van der Waals surface area contributed by atoms with Crippen LogP contribution in [-0.2, 0) is 26.2 Å². The molecule has 404 valence electrons. The van der Waals surface area contributed by atoms with Crippen LogP contribution < -0.4 is 20.7 Å². The number of fused-ring (bicyclic) bond motifs is 2. The molecular weight excluding hydrogens is 1010 g/mol. The predicted molar refractivity (Wildman–Crippen MR) is 304 cm³/mol. The van der Waals surface area contributed by atoms with Gasteiger partial charge < -0.3 is 24.0 Å². The second-order valence-corrected chi connectivity index (χ2v) is 22.5. The number of benzene rings is 2. The third kappa shape index (κ3) is 12.0. The summed E-state index contributed by atoms with van der Waals surface area (Å²) in [5, 5.41) is 10.8. The predicted octanol–water partition coefficient (Wildman–Crippen LogP) is 11.5. The van der Waals surface area contributed by atoms with Crippen LogP contribution in [-0.4, -0.2) is 82.2 Å². The van der Waals surface area contributed by atoms with E-state index < -0.39 is 17.4 Å². The molecule has 2 aromatic carbocycles. The molecule has 8 aromatic rings. The maximum atomic E-state index is 14.5. The van der Waals surface area contributed by atoms with Crippen LogP contribution in [0.15, 0.2) is 120 Å². The molecule has 2 saturated heterocycles. The minimum Gasteiger partial charge on any atom is -0.505 e. The summed E-state index contributed by atoms with van der Waals surface area (Å²) in [5.41, 5.74) is 10.8. The molecule has 2 aliphatic heterocycles. The first-order valence-electron chi connectivity index (χ1n) is 27.5. The van der Waals surface area contributed by atoms with Gasteiger partial charge in [-0.25, -0.2) is 8.78 Å². The van der Waals surface area contributed by atoms with Crippen LogP contribution in [0.2, 0.25) is 5.02 Å². The number of pyridine rings is 6. The summed E-state index contributed by atoms with van der Waals surface area (Å²) >= 11 is 6.13. The van der Waals surface area contributed by atoms with Crippen LogP contribution in [0.25, 0.3) is 21.8 Å². The van der Waals surface area contributed by atoms with E-state index in [0.29, 0.717) is 65.2 Å². The number of halogens is 3. The molecule has 4 aliphatic rings. The molecule has 2 saturated carbocycles. The van der Waals surface area contributed by atoms with Crippen LogP contribution in [0.3, 0.4) is 0 Å². The number of phenols is 1. The Labute approximate surface area is 458 Å². The lowest BCUT2D eigenvalue weighted by molar-refractivity contribution is 0.158. The van der Waals surface area contributed by atoms with Gasteiger partial charge >= 0.3 is 0 Å². The Morgan fingerprint density at radius 2 is 1.03 bits per heavy atom. The van der Waals surface area contributed by atoms with Crippen LogP contribution >= 0.6 is 11.6 Å². The topological polar surface area (TPSA) is 129 Å². The first-order valence-corrected chi connectivity index (χ1v) is 27.8. The lowest BCUT2D eigenvalue weighted by Gasteiger charge is -2.40. The maximum absolute atomic E-state index is 14.5. The van der Waals surface area contributed by atoms with Crippen molar-refractivity contribution in [2.24, 2.45) is 0 Å². The van der Waals surface area contributed by atoms with E-state index in [9.17, 15) is 23.5 Å². The second-order valence-electron chi connectivity index (χ2n) is 22.1. The van der Waals surface area contributed by atoms with Gasteiger partial charge in [-0.05, 0) is 157 Å². The maximum Gasteiger partial charge on any atom is 0.193 e. The van der Waals surface area contributed by atoms with Gasteiger partial charge in [0.2, 0.25) is 0 Å². The van der Waals surface area contributed by atoms with Gasteiger partial charge in [-0.15, -0.1) is 0 Å². The number of phenolic OH excluding ortho intramolecular Hbond substituents is 1. The molecule has 1 N–H and O–H groups in total. The molecule has 13 nitrogen and oxygen atoms in total. The van der Waals surface area contributed by atoms with Crippen LogP contribution in [0.1, 0.15) is 108 Å². The summed E-state index contributed by atoms with van der Waals surface area (Å²) in [6.07, 6.45) is 19.8. The first-order chi connectivity index (χ1) is 37.7. The van der Waals surface area contributed by atoms with Crippen molar-refractivity contribution < 1.29 is 13.9 Å². The molecule has 8 heterocycles. The number of rotatable bonds is 14. The van der Waals surface area contributed by atoms with Crippen molar-refractivity contribution in [3.63, 3.8) is 0 Å². The summed E-state index contributed by atoms with van der Waals surface area (Å²) in [7, 11) is 0. The number of piperidine rings is 2. The van der Waals surface area contributed by atoms with Gasteiger partial charge in [0.25, 0.3) is 0 Å². The van der Waals surface area contributed by atoms with E-state index in [0.717, 1.165) is 123 Å². The number of aryl methyl sites for hydroxylation is 4. The summed E-state index contributed by atoms with van der Waals surface area (Å²) in [4.78, 5) is 54.8. The van der Waals surface area contributed by atoms with Crippen LogP contribution in [0.5, 0.6) is 5.75 Å². The fourth-order valence-corrected chi connectivity index (χ4v) is 11.7. The highest BCUT2D eigenvalue weighted by atomic mass is 35.5. The average Bonchev–Trinajstić information content (AvgIpc) is 4.41. The van der Waals surface area contributed by atoms with Crippen molar-refractivity contribution in [2.75, 3.05) is 36.0 Å². The van der Waals surface area contributed by atoms with Crippen LogP contribution in [0, 0.1) is 39.3 Å². The van der Waals surface area contributed by atoms with Gasteiger partial charge in [0.05, 0.1) is 39.8 Å². The molecule has 0 unspecified atom stereocenters. The van der Waals surface area contributed by atoms with E-state index in [1.54, 1.807) is 6.07 Å². The zero-order valence-corrected chi connectivity index (χ0v) is 45.6. The normalized spacial score (nSPS) is 17.8. The van der Waals surface area contributed by atoms with Gasteiger partial charge in [0.15, 0.2) is 22.4 Å². The Hall–Kier alpha value is -7.07. The van der Waals surface area contributed by atoms with Gasteiger partial charge in [-0.2, -0.15) is 0 Å². The molecule has 78 heavy (non-hydrogen) atoms. The van der Waals surface area contributed by atoms with Gasteiger partial charge in [-0.1, -0.05) is 11.6 Å². The lowest BCUT2D eigenvalue weighted by atomic mass is 10.0. The highest BCUT2D eigenvalue weighted by molar-refractivity contribution is 6.31. The zero-order chi connectivity index (χ0) is 54.2. The highest BCUT2D eigenvalue weighted by Crippen LogP contribution is 2.40. The minimum absolute atomic E-state index is 0.0478. The van der Waals surface area contributed by atoms with Gasteiger partial charge in [0.1, 0.15) is 5.82 Å². The summed E-state index contributed by atoms with van der Waals surface area (Å²) in [6, 6.07) is 23.2. The van der Waals surface area contributed by atoms with Crippen molar-refractivity contribution in [3.05, 3.63) is 192 Å². The quantitative estimate of drug-likeness (QED) is 0.112. The molecule has 0 amide bonds. The second kappa shape index (κ2) is 22.7. The molecule has 2 aliphatic carbocycles. The monoisotopic (exact) mass is 1070 g/mol. The fourth-order valence-electron chi connectivity index (χ4n) is 11.6. The van der Waals surface area contributed by atoms with Crippen molar-refractivity contribution in [1.29, 1.82) is 0 Å². The van der Waals surface area contributed by atoms with Crippen LogP contribution in [0.4, 0.5) is 20.2 Å². The number of nitrogens with zero attached hydrogens (tertiary/aromatic N) is 10. The highest BCUT2D eigenvalue weighted by Gasteiger charge is 2.32. The number of anilines is 2. The fraction of sp³-hybridized carbons (Fsp3) is 0.387. The molecular formula is C62H67ClF2N10O3. The smallest absolute Gasteiger partial charge is 0.193 e. The van der Waals surface area contributed by atoms with Crippen molar-refractivity contribution in [3.8, 4) is 5.75 Å². The molecule has 4 fully saturated rings. The Balaban J connectivity index is 0.000000165. The summed E-state index contributed by atoms with van der Waals surface area (Å²) < 4.78 is 33.1. The average molecular weight is 1070 g/mol. The van der Waals surface area contributed by atoms with E-state index in [-0.39, 0.29) is 34.0 Å².